The number of ether oxygens (including phenoxy) is 1. The third-order valence-corrected chi connectivity index (χ3v) is 0.545. The van der Waals surface area contributed by atoms with Gasteiger partial charge in [-0.1, -0.05) is 0 Å². The first-order valence-corrected chi connectivity index (χ1v) is 1.95. The van der Waals surface area contributed by atoms with E-state index in [9.17, 15) is 0 Å². The summed E-state index contributed by atoms with van der Waals surface area (Å²) < 4.78 is 5.04. The van der Waals surface area contributed by atoms with Gasteiger partial charge in [0.25, 0.3) is 0 Å². The minimum atomic E-state index is 0.567. The van der Waals surface area contributed by atoms with E-state index in [0.717, 1.165) is 0 Å². The highest BCUT2D eigenvalue weighted by molar-refractivity contribution is 9.11. The number of halogens is 1. The van der Waals surface area contributed by atoms with Gasteiger partial charge in [0.2, 0.25) is 0 Å². The maximum Gasteiger partial charge on any atom is 0.154 e. The monoisotopic (exact) mass is 136 g/mol. The number of hydrogen-bond acceptors (Lipinski definition) is 1. The lowest BCUT2D eigenvalue weighted by Gasteiger charge is -1.85. The maximum atomic E-state index is 4.47. The molecule has 0 aromatic heterocycles. The second-order valence-electron chi connectivity index (χ2n) is 0.559. The highest BCUT2D eigenvalue weighted by Crippen LogP contribution is 1.96. The van der Waals surface area contributed by atoms with Gasteiger partial charge in [-0.25, -0.2) is 0 Å². The number of methoxy groups -OCH3 is 1. The topological polar surface area (TPSA) is 9.23 Å². The Morgan fingerprint density at radius 2 is 2.20 bits per heavy atom. The van der Waals surface area contributed by atoms with E-state index < -0.39 is 0 Å². The van der Waals surface area contributed by atoms with Gasteiger partial charge in [0.15, 0.2) is 4.67 Å². The lowest BCUT2D eigenvalue weighted by molar-refractivity contribution is 0.329. The van der Waals surface area contributed by atoms with Crippen LogP contribution in [0.4, 0.5) is 0 Å². The molecule has 0 radical (unpaired) electrons. The number of rotatable bonds is 1. The van der Waals surface area contributed by atoms with E-state index in [4.69, 9.17) is 0 Å². The third kappa shape index (κ3) is 4.02. The smallest absolute Gasteiger partial charge is 0.154 e. The van der Waals surface area contributed by atoms with Gasteiger partial charge in [0, 0.05) is 0 Å². The molecule has 0 saturated carbocycles. The van der Waals surface area contributed by atoms with Gasteiger partial charge in [0.05, 0.1) is 7.11 Å². The Bertz CT molecular complexity index is 42.2. The SMILES string of the molecule is C=C(Br)OC. The molecule has 0 atom stereocenters. The molecule has 0 unspecified atom stereocenters. The zero-order valence-corrected chi connectivity index (χ0v) is 4.58. The van der Waals surface area contributed by atoms with E-state index in [1.807, 2.05) is 0 Å². The Morgan fingerprint density at radius 1 is 2.00 bits per heavy atom. The van der Waals surface area contributed by atoms with E-state index in [2.05, 4.69) is 27.2 Å². The molecular weight excluding hydrogens is 132 g/mol. The first kappa shape index (κ1) is 5.02. The average molecular weight is 137 g/mol. The lowest BCUT2D eigenvalue weighted by Crippen LogP contribution is -1.65. The van der Waals surface area contributed by atoms with Crippen LogP contribution in [0.5, 0.6) is 0 Å². The van der Waals surface area contributed by atoms with Crippen molar-refractivity contribution >= 4 is 15.9 Å². The van der Waals surface area contributed by atoms with E-state index >= 15 is 0 Å². The molecule has 0 bridgehead atoms. The van der Waals surface area contributed by atoms with Crippen LogP contribution >= 0.6 is 15.9 Å². The van der Waals surface area contributed by atoms with Crippen molar-refractivity contribution in [3.05, 3.63) is 11.2 Å². The van der Waals surface area contributed by atoms with Crippen LogP contribution in [0.2, 0.25) is 0 Å². The Balaban J connectivity index is 2.85. The van der Waals surface area contributed by atoms with Crippen LogP contribution in [0.3, 0.4) is 0 Å². The van der Waals surface area contributed by atoms with Crippen LogP contribution < -0.4 is 0 Å². The second-order valence-corrected chi connectivity index (χ2v) is 1.44. The van der Waals surface area contributed by atoms with Crippen LogP contribution in [-0.4, -0.2) is 7.11 Å². The zero-order valence-electron chi connectivity index (χ0n) is 2.99. The second kappa shape index (κ2) is 2.27. The van der Waals surface area contributed by atoms with Gasteiger partial charge in [-0.15, -0.1) is 0 Å². The minimum Gasteiger partial charge on any atom is -0.491 e. The van der Waals surface area contributed by atoms with Crippen molar-refractivity contribution in [3.63, 3.8) is 0 Å². The minimum absolute atomic E-state index is 0.567. The molecule has 0 saturated heterocycles. The lowest BCUT2D eigenvalue weighted by atomic mass is 11.1. The maximum absolute atomic E-state index is 4.47. The molecule has 0 spiro atoms. The fraction of sp³-hybridized carbons (Fsp3) is 0.333. The highest BCUT2D eigenvalue weighted by atomic mass is 79.9. The summed E-state index contributed by atoms with van der Waals surface area (Å²) in [5, 5.41) is 0. The molecule has 0 N–H and O–H groups in total. The first-order chi connectivity index (χ1) is 2.27. The van der Waals surface area contributed by atoms with Crippen LogP contribution in [-0.2, 0) is 4.74 Å². The normalized spacial score (nSPS) is 6.80. The molecule has 0 amide bonds. The Labute approximate surface area is 39.8 Å². The molecule has 0 fully saturated rings. The molecule has 0 aliphatic heterocycles. The van der Waals surface area contributed by atoms with Gasteiger partial charge in [-0.05, 0) is 22.5 Å². The fourth-order valence-electron chi connectivity index (χ4n) is 0. The highest BCUT2D eigenvalue weighted by Gasteiger charge is 1.68. The summed E-state index contributed by atoms with van der Waals surface area (Å²) >= 11 is 2.96. The molecule has 30 valence electrons. The summed E-state index contributed by atoms with van der Waals surface area (Å²) in [5.74, 6) is 0. The molecule has 1 nitrogen and oxygen atoms in total. The largest absolute Gasteiger partial charge is 0.491 e. The zero-order chi connectivity index (χ0) is 4.28. The summed E-state index contributed by atoms with van der Waals surface area (Å²) in [4.78, 5) is 0. The molecule has 0 aliphatic carbocycles. The van der Waals surface area contributed by atoms with Crippen molar-refractivity contribution in [2.24, 2.45) is 0 Å². The van der Waals surface area contributed by atoms with Gasteiger partial charge >= 0.3 is 0 Å². The van der Waals surface area contributed by atoms with Gasteiger partial charge in [-0.3, -0.25) is 0 Å². The van der Waals surface area contributed by atoms with E-state index in [1.54, 1.807) is 7.11 Å². The van der Waals surface area contributed by atoms with E-state index in [0.29, 0.717) is 4.67 Å². The molecule has 0 rings (SSSR count). The van der Waals surface area contributed by atoms with Crippen molar-refractivity contribution < 1.29 is 4.74 Å². The number of hydrogen-bond donors (Lipinski definition) is 0. The van der Waals surface area contributed by atoms with Gasteiger partial charge in [-0.2, -0.15) is 0 Å². The predicted octanol–water partition coefficient (Wildman–Crippen LogP) is 1.50. The van der Waals surface area contributed by atoms with E-state index in [-0.39, 0.29) is 0 Å². The van der Waals surface area contributed by atoms with Crippen molar-refractivity contribution in [1.29, 1.82) is 0 Å². The quantitative estimate of drug-likeness (QED) is 0.497. The molecule has 2 heteroatoms. The Hall–Kier alpha value is 0.0200. The fourth-order valence-corrected chi connectivity index (χ4v) is 0. The molecular formula is C3H5BrO. The molecule has 0 aliphatic rings. The predicted molar refractivity (Wildman–Crippen MR) is 25.1 cm³/mol. The summed E-state index contributed by atoms with van der Waals surface area (Å²) in [7, 11) is 1.55. The van der Waals surface area contributed by atoms with Crippen molar-refractivity contribution in [2.45, 2.75) is 0 Å². The molecule has 0 aromatic carbocycles. The third-order valence-electron chi connectivity index (χ3n) is 0.221. The van der Waals surface area contributed by atoms with Crippen LogP contribution in [0.15, 0.2) is 11.2 Å². The standard InChI is InChI=1S/C3H5BrO/c1-3(4)5-2/h1H2,2H3. The summed E-state index contributed by atoms with van der Waals surface area (Å²) in [6, 6.07) is 0. The van der Waals surface area contributed by atoms with Crippen molar-refractivity contribution in [3.8, 4) is 0 Å². The van der Waals surface area contributed by atoms with Gasteiger partial charge < -0.3 is 4.74 Å². The summed E-state index contributed by atoms with van der Waals surface area (Å²) in [6.07, 6.45) is 0. The van der Waals surface area contributed by atoms with Crippen LogP contribution in [0.1, 0.15) is 0 Å². The Kier molecular flexibility index (Phi) is 2.28. The molecule has 0 heterocycles. The summed E-state index contributed by atoms with van der Waals surface area (Å²) in [5.41, 5.74) is 0. The van der Waals surface area contributed by atoms with Crippen LogP contribution in [0, 0.1) is 0 Å². The first-order valence-electron chi connectivity index (χ1n) is 1.15. The summed E-state index contributed by atoms with van der Waals surface area (Å²) in [6.45, 7) is 3.37. The van der Waals surface area contributed by atoms with Crippen LogP contribution in [0.25, 0.3) is 0 Å². The molecule has 5 heavy (non-hydrogen) atoms. The van der Waals surface area contributed by atoms with Gasteiger partial charge in [0.1, 0.15) is 0 Å². The molecule has 0 aromatic rings. The average Bonchev–Trinajstić information content (AvgIpc) is 1.38. The van der Waals surface area contributed by atoms with E-state index in [1.165, 1.54) is 0 Å². The van der Waals surface area contributed by atoms with Crippen molar-refractivity contribution in [2.75, 3.05) is 7.11 Å². The Morgan fingerprint density at radius 3 is 2.20 bits per heavy atom. The van der Waals surface area contributed by atoms with Crippen molar-refractivity contribution in [1.82, 2.24) is 0 Å².